The molecule has 4 N–H and O–H groups in total. The first-order chi connectivity index (χ1) is 4.33. The van der Waals surface area contributed by atoms with E-state index in [9.17, 15) is 4.79 Å². The number of carbonyl (C=O) groups is 1. The highest BCUT2D eigenvalue weighted by molar-refractivity contribution is 5.73. The number of hydrogen-bond acceptors (Lipinski definition) is 3. The third-order valence-electron chi connectivity index (χ3n) is 1.04. The average molecular weight is 147 g/mol. The van der Waals surface area contributed by atoms with Gasteiger partial charge in [0, 0.05) is 6.42 Å². The second kappa shape index (κ2) is 2.98. The molecule has 4 heteroatoms. The van der Waals surface area contributed by atoms with Gasteiger partial charge in [0.1, 0.15) is 6.04 Å². The molecule has 0 radical (unpaired) electrons. The van der Waals surface area contributed by atoms with Crippen molar-refractivity contribution in [3.8, 4) is 0 Å². The van der Waals surface area contributed by atoms with Gasteiger partial charge < -0.3 is 15.9 Å². The van der Waals surface area contributed by atoms with Crippen LogP contribution in [0.2, 0.25) is 0 Å². The molecule has 0 saturated carbocycles. The van der Waals surface area contributed by atoms with E-state index in [-0.39, 0.29) is 6.42 Å². The van der Waals surface area contributed by atoms with Gasteiger partial charge in [-0.15, -0.1) is 0 Å². The van der Waals surface area contributed by atoms with Crippen molar-refractivity contribution < 1.29 is 15.0 Å². The lowest BCUT2D eigenvalue weighted by atomic mass is 10.0. The molecule has 0 spiro atoms. The predicted molar refractivity (Wildman–Crippen MR) is 36.5 cm³/mol. The van der Waals surface area contributed by atoms with E-state index in [4.69, 9.17) is 15.9 Å². The fourth-order valence-corrected chi connectivity index (χ4v) is 0.625. The zero-order chi connectivity index (χ0) is 8.36. The van der Waals surface area contributed by atoms with Crippen LogP contribution >= 0.6 is 0 Å². The number of carboxylic acids is 1. The fourth-order valence-electron chi connectivity index (χ4n) is 0.625. The van der Waals surface area contributed by atoms with Gasteiger partial charge in [-0.2, -0.15) is 0 Å². The number of nitrogens with two attached hydrogens (primary N) is 1. The number of aliphatic hydroxyl groups is 1. The van der Waals surface area contributed by atoms with Crippen LogP contribution < -0.4 is 5.73 Å². The van der Waals surface area contributed by atoms with E-state index in [1.165, 1.54) is 13.8 Å². The summed E-state index contributed by atoms with van der Waals surface area (Å²) < 4.78 is 0. The van der Waals surface area contributed by atoms with E-state index in [1.54, 1.807) is 0 Å². The van der Waals surface area contributed by atoms with Crippen LogP contribution in [0.3, 0.4) is 0 Å². The number of aliphatic carboxylic acids is 1. The highest BCUT2D eigenvalue weighted by Crippen LogP contribution is 2.08. The van der Waals surface area contributed by atoms with Gasteiger partial charge in [-0.1, -0.05) is 0 Å². The minimum Gasteiger partial charge on any atom is -0.480 e. The average Bonchev–Trinajstić information content (AvgIpc) is 1.60. The smallest absolute Gasteiger partial charge is 0.320 e. The molecule has 0 aromatic carbocycles. The summed E-state index contributed by atoms with van der Waals surface area (Å²) in [6, 6.07) is -0.972. The van der Waals surface area contributed by atoms with Crippen molar-refractivity contribution in [1.29, 1.82) is 0 Å². The minimum absolute atomic E-state index is 0.0718. The Morgan fingerprint density at radius 2 is 2.10 bits per heavy atom. The van der Waals surface area contributed by atoms with Crippen molar-refractivity contribution in [3.63, 3.8) is 0 Å². The Kier molecular flexibility index (Phi) is 2.80. The zero-order valence-corrected chi connectivity index (χ0v) is 6.16. The van der Waals surface area contributed by atoms with Crippen LogP contribution in [0.4, 0.5) is 0 Å². The van der Waals surface area contributed by atoms with Crippen LogP contribution in [0.15, 0.2) is 0 Å². The van der Waals surface area contributed by atoms with E-state index < -0.39 is 17.6 Å². The van der Waals surface area contributed by atoms with Crippen molar-refractivity contribution in [2.75, 3.05) is 0 Å². The predicted octanol–water partition coefficient (Wildman–Crippen LogP) is -0.441. The first kappa shape index (κ1) is 9.39. The largest absolute Gasteiger partial charge is 0.480 e. The monoisotopic (exact) mass is 147 g/mol. The van der Waals surface area contributed by atoms with Gasteiger partial charge in [-0.25, -0.2) is 0 Å². The van der Waals surface area contributed by atoms with E-state index in [2.05, 4.69) is 0 Å². The molecule has 0 bridgehead atoms. The Bertz CT molecular complexity index is 127. The summed E-state index contributed by atoms with van der Waals surface area (Å²) in [6.07, 6.45) is 0.0718. The molecule has 0 fully saturated rings. The third kappa shape index (κ3) is 4.29. The summed E-state index contributed by atoms with van der Waals surface area (Å²) in [6.45, 7) is 3.05. The van der Waals surface area contributed by atoms with Crippen molar-refractivity contribution in [2.24, 2.45) is 5.73 Å². The maximum atomic E-state index is 10.1. The lowest BCUT2D eigenvalue weighted by Crippen LogP contribution is -2.37. The zero-order valence-electron chi connectivity index (χ0n) is 6.16. The molecule has 0 aromatic rings. The minimum atomic E-state index is -1.08. The first-order valence-corrected chi connectivity index (χ1v) is 3.04. The van der Waals surface area contributed by atoms with E-state index in [0.29, 0.717) is 0 Å². The number of rotatable bonds is 3. The highest BCUT2D eigenvalue weighted by atomic mass is 16.4. The van der Waals surface area contributed by atoms with Gasteiger partial charge in [0.25, 0.3) is 0 Å². The van der Waals surface area contributed by atoms with E-state index in [1.807, 2.05) is 0 Å². The Balaban J connectivity index is 3.80. The number of hydrogen-bond donors (Lipinski definition) is 3. The highest BCUT2D eigenvalue weighted by Gasteiger charge is 2.21. The topological polar surface area (TPSA) is 83.5 Å². The van der Waals surface area contributed by atoms with Crippen molar-refractivity contribution >= 4 is 5.97 Å². The Labute approximate surface area is 59.7 Å². The molecule has 60 valence electrons. The summed E-state index contributed by atoms with van der Waals surface area (Å²) in [7, 11) is 0. The Hall–Kier alpha value is -0.610. The van der Waals surface area contributed by atoms with Crippen LogP contribution in [0.5, 0.6) is 0 Å². The molecule has 0 aromatic heterocycles. The Morgan fingerprint density at radius 3 is 2.20 bits per heavy atom. The first-order valence-electron chi connectivity index (χ1n) is 3.04. The lowest BCUT2D eigenvalue weighted by molar-refractivity contribution is -0.140. The van der Waals surface area contributed by atoms with E-state index in [0.717, 1.165) is 0 Å². The fraction of sp³-hybridized carbons (Fsp3) is 0.833. The Morgan fingerprint density at radius 1 is 1.70 bits per heavy atom. The van der Waals surface area contributed by atoms with Gasteiger partial charge in [0.15, 0.2) is 0 Å². The second-order valence-corrected chi connectivity index (χ2v) is 2.96. The SMILES string of the molecule is CC(C)(O)C[C@@H](N)C(=O)O. The van der Waals surface area contributed by atoms with Crippen LogP contribution in [-0.4, -0.2) is 27.8 Å². The van der Waals surface area contributed by atoms with Crippen molar-refractivity contribution in [1.82, 2.24) is 0 Å². The molecule has 0 saturated heterocycles. The maximum Gasteiger partial charge on any atom is 0.320 e. The summed E-state index contributed by atoms with van der Waals surface area (Å²) in [5, 5.41) is 17.4. The molecule has 0 rings (SSSR count). The summed E-state index contributed by atoms with van der Waals surface area (Å²) in [4.78, 5) is 10.1. The van der Waals surface area contributed by atoms with Crippen LogP contribution in [0.1, 0.15) is 20.3 Å². The molecule has 0 aliphatic carbocycles. The van der Waals surface area contributed by atoms with Crippen molar-refractivity contribution in [3.05, 3.63) is 0 Å². The summed E-state index contributed by atoms with van der Waals surface area (Å²) in [5.41, 5.74) is 4.14. The molecule has 4 nitrogen and oxygen atoms in total. The normalized spacial score (nSPS) is 14.8. The maximum absolute atomic E-state index is 10.1. The summed E-state index contributed by atoms with van der Waals surface area (Å²) >= 11 is 0. The molecule has 0 amide bonds. The standard InChI is InChI=1S/C6H13NO3/c1-6(2,10)3-4(7)5(8)9/h4,10H,3,7H2,1-2H3,(H,8,9)/t4-/m1/s1. The third-order valence-corrected chi connectivity index (χ3v) is 1.04. The molecule has 0 heterocycles. The van der Waals surface area contributed by atoms with Crippen molar-refractivity contribution in [2.45, 2.75) is 31.9 Å². The molecule has 0 aliphatic heterocycles. The molecular weight excluding hydrogens is 134 g/mol. The molecule has 0 unspecified atom stereocenters. The van der Waals surface area contributed by atoms with Gasteiger partial charge in [-0.05, 0) is 13.8 Å². The molecule has 1 atom stereocenters. The molecule has 10 heavy (non-hydrogen) atoms. The quantitative estimate of drug-likeness (QED) is 0.505. The molecular formula is C6H13NO3. The molecule has 0 aliphatic rings. The summed E-state index contributed by atoms with van der Waals surface area (Å²) in [5.74, 6) is -1.08. The van der Waals surface area contributed by atoms with Crippen LogP contribution in [0.25, 0.3) is 0 Å². The van der Waals surface area contributed by atoms with Gasteiger partial charge in [-0.3, -0.25) is 4.79 Å². The van der Waals surface area contributed by atoms with Crippen LogP contribution in [0, 0.1) is 0 Å². The second-order valence-electron chi connectivity index (χ2n) is 2.96. The van der Waals surface area contributed by atoms with Crippen LogP contribution in [-0.2, 0) is 4.79 Å². The number of carboxylic acid groups (broad SMARTS) is 1. The van der Waals surface area contributed by atoms with Gasteiger partial charge in [0.05, 0.1) is 5.60 Å². The van der Waals surface area contributed by atoms with Gasteiger partial charge in [0.2, 0.25) is 0 Å². The lowest BCUT2D eigenvalue weighted by Gasteiger charge is -2.18. The van der Waals surface area contributed by atoms with E-state index >= 15 is 0 Å². The van der Waals surface area contributed by atoms with Gasteiger partial charge >= 0.3 is 5.97 Å².